The monoisotopic (exact) mass is 180 g/mol. The van der Waals surface area contributed by atoms with Gasteiger partial charge in [0, 0.05) is 5.56 Å². The van der Waals surface area contributed by atoms with Gasteiger partial charge in [0.1, 0.15) is 11.0 Å². The Morgan fingerprint density at radius 1 is 1.33 bits per heavy atom. The third kappa shape index (κ3) is 1.00. The van der Waals surface area contributed by atoms with Crippen molar-refractivity contribution >= 4 is 22.8 Å². The summed E-state index contributed by atoms with van der Waals surface area (Å²) in [6.07, 6.45) is 0. The first-order chi connectivity index (χ1) is 5.83. The van der Waals surface area contributed by atoms with Crippen molar-refractivity contribution in [3.8, 4) is 0 Å². The summed E-state index contributed by atoms with van der Waals surface area (Å²) in [7, 11) is 0. The topological polar surface area (TPSA) is 46.0 Å². The van der Waals surface area contributed by atoms with E-state index >= 15 is 0 Å². The lowest BCUT2D eigenvalue weighted by Gasteiger charge is -1.97. The molecule has 4 heteroatoms. The summed E-state index contributed by atoms with van der Waals surface area (Å²) in [5.41, 5.74) is 3.70. The van der Waals surface area contributed by atoms with Crippen molar-refractivity contribution in [2.45, 2.75) is 13.5 Å². The van der Waals surface area contributed by atoms with Crippen LogP contribution in [0.5, 0.6) is 0 Å². The summed E-state index contributed by atoms with van der Waals surface area (Å²) in [6.45, 7) is 2.02. The van der Waals surface area contributed by atoms with Crippen LogP contribution in [0.3, 0.4) is 0 Å². The molecule has 0 amide bonds. The van der Waals surface area contributed by atoms with E-state index in [0.717, 1.165) is 22.2 Å². The minimum atomic E-state index is 0.0300. The van der Waals surface area contributed by atoms with E-state index in [2.05, 4.69) is 8.75 Å². The van der Waals surface area contributed by atoms with Gasteiger partial charge >= 0.3 is 0 Å². The second kappa shape index (κ2) is 2.80. The molecule has 1 aromatic heterocycles. The second-order valence-electron chi connectivity index (χ2n) is 2.66. The van der Waals surface area contributed by atoms with Gasteiger partial charge in [0.25, 0.3) is 0 Å². The first kappa shape index (κ1) is 7.64. The van der Waals surface area contributed by atoms with Gasteiger partial charge in [-0.25, -0.2) is 0 Å². The number of rotatable bonds is 1. The first-order valence-corrected chi connectivity index (χ1v) is 4.37. The normalized spacial score (nSPS) is 10.8. The number of benzene rings is 1. The van der Waals surface area contributed by atoms with E-state index in [1.54, 1.807) is 0 Å². The van der Waals surface area contributed by atoms with Crippen LogP contribution in [-0.2, 0) is 6.61 Å². The quantitative estimate of drug-likeness (QED) is 0.723. The molecule has 2 aromatic rings. The molecule has 0 aliphatic rings. The van der Waals surface area contributed by atoms with Gasteiger partial charge in [-0.2, -0.15) is 8.75 Å². The highest BCUT2D eigenvalue weighted by molar-refractivity contribution is 7.00. The van der Waals surface area contributed by atoms with Gasteiger partial charge in [-0.05, 0) is 12.5 Å². The number of aliphatic hydroxyl groups excluding tert-OH is 1. The Bertz CT molecular complexity index is 410. The van der Waals surface area contributed by atoms with Crippen LogP contribution in [0.1, 0.15) is 11.1 Å². The van der Waals surface area contributed by atoms with E-state index in [1.165, 1.54) is 11.7 Å². The zero-order valence-electron chi connectivity index (χ0n) is 6.61. The van der Waals surface area contributed by atoms with Crippen molar-refractivity contribution < 1.29 is 5.11 Å². The van der Waals surface area contributed by atoms with Gasteiger partial charge in [0.2, 0.25) is 0 Å². The van der Waals surface area contributed by atoms with Crippen molar-refractivity contribution in [2.24, 2.45) is 0 Å². The fourth-order valence-electron chi connectivity index (χ4n) is 1.17. The molecular formula is C8H8N2OS. The van der Waals surface area contributed by atoms with Crippen LogP contribution in [0.25, 0.3) is 11.0 Å². The highest BCUT2D eigenvalue weighted by Gasteiger charge is 2.05. The molecule has 0 radical (unpaired) electrons. The van der Waals surface area contributed by atoms with Gasteiger partial charge < -0.3 is 5.11 Å². The fourth-order valence-corrected chi connectivity index (χ4v) is 1.81. The molecule has 1 aromatic carbocycles. The third-order valence-electron chi connectivity index (χ3n) is 1.87. The summed E-state index contributed by atoms with van der Waals surface area (Å²) >= 11 is 1.19. The molecule has 62 valence electrons. The maximum Gasteiger partial charge on any atom is 0.110 e. The number of aromatic nitrogens is 2. The van der Waals surface area contributed by atoms with E-state index < -0.39 is 0 Å². The van der Waals surface area contributed by atoms with Crippen LogP contribution in [0.15, 0.2) is 12.1 Å². The Balaban J connectivity index is 2.82. The van der Waals surface area contributed by atoms with Crippen LogP contribution in [0.2, 0.25) is 0 Å². The molecule has 0 bridgehead atoms. The van der Waals surface area contributed by atoms with Crippen molar-refractivity contribution in [1.82, 2.24) is 8.75 Å². The summed E-state index contributed by atoms with van der Waals surface area (Å²) in [5, 5.41) is 8.98. The van der Waals surface area contributed by atoms with Crippen molar-refractivity contribution in [1.29, 1.82) is 0 Å². The summed E-state index contributed by atoms with van der Waals surface area (Å²) in [4.78, 5) is 0. The molecular weight excluding hydrogens is 172 g/mol. The highest BCUT2D eigenvalue weighted by atomic mass is 32.1. The molecule has 12 heavy (non-hydrogen) atoms. The second-order valence-corrected chi connectivity index (χ2v) is 3.19. The number of nitrogens with zero attached hydrogens (tertiary/aromatic N) is 2. The minimum absolute atomic E-state index is 0.0300. The number of hydrogen-bond donors (Lipinski definition) is 1. The van der Waals surface area contributed by atoms with E-state index in [9.17, 15) is 0 Å². The number of aliphatic hydroxyl groups is 1. The van der Waals surface area contributed by atoms with E-state index in [0.29, 0.717) is 0 Å². The lowest BCUT2D eigenvalue weighted by Crippen LogP contribution is -1.86. The zero-order chi connectivity index (χ0) is 8.55. The summed E-state index contributed by atoms with van der Waals surface area (Å²) in [5.74, 6) is 0. The Kier molecular flexibility index (Phi) is 1.78. The Labute approximate surface area is 74.0 Å². The van der Waals surface area contributed by atoms with Crippen molar-refractivity contribution in [3.63, 3.8) is 0 Å². The van der Waals surface area contributed by atoms with Gasteiger partial charge in [0.05, 0.1) is 18.3 Å². The van der Waals surface area contributed by atoms with Crippen LogP contribution in [-0.4, -0.2) is 13.9 Å². The highest BCUT2D eigenvalue weighted by Crippen LogP contribution is 2.19. The number of fused-ring (bicyclic) bond motifs is 1. The number of hydrogen-bond acceptors (Lipinski definition) is 4. The molecule has 0 saturated carbocycles. The Hall–Kier alpha value is -1.00. The predicted molar refractivity (Wildman–Crippen MR) is 48.1 cm³/mol. The average Bonchev–Trinajstić information content (AvgIpc) is 2.54. The van der Waals surface area contributed by atoms with Crippen LogP contribution < -0.4 is 0 Å². The van der Waals surface area contributed by atoms with E-state index in [1.807, 2.05) is 19.1 Å². The fraction of sp³-hybridized carbons (Fsp3) is 0.250. The Morgan fingerprint density at radius 2 is 2.08 bits per heavy atom. The largest absolute Gasteiger partial charge is 0.392 e. The Morgan fingerprint density at radius 3 is 2.83 bits per heavy atom. The lowest BCUT2D eigenvalue weighted by atomic mass is 10.1. The van der Waals surface area contributed by atoms with E-state index in [-0.39, 0.29) is 6.61 Å². The maximum atomic E-state index is 8.98. The van der Waals surface area contributed by atoms with Gasteiger partial charge in [-0.15, -0.1) is 0 Å². The van der Waals surface area contributed by atoms with Gasteiger partial charge in [-0.1, -0.05) is 12.1 Å². The van der Waals surface area contributed by atoms with Gasteiger partial charge in [-0.3, -0.25) is 0 Å². The van der Waals surface area contributed by atoms with Gasteiger partial charge in [0.15, 0.2) is 0 Å². The zero-order valence-corrected chi connectivity index (χ0v) is 7.43. The van der Waals surface area contributed by atoms with Crippen LogP contribution in [0, 0.1) is 6.92 Å². The molecule has 0 atom stereocenters. The molecule has 0 aliphatic carbocycles. The molecule has 1 N–H and O–H groups in total. The molecule has 0 aliphatic heterocycles. The summed E-state index contributed by atoms with van der Waals surface area (Å²) in [6, 6.07) is 3.84. The molecule has 3 nitrogen and oxygen atoms in total. The molecule has 1 heterocycles. The molecule has 0 saturated heterocycles. The smallest absolute Gasteiger partial charge is 0.110 e. The van der Waals surface area contributed by atoms with Crippen molar-refractivity contribution in [2.75, 3.05) is 0 Å². The molecule has 2 rings (SSSR count). The standard InChI is InChI=1S/C8H8N2OS/c1-5-2-3-6(4-11)8-7(5)9-12-10-8/h2-3,11H,4H2,1H3. The van der Waals surface area contributed by atoms with Crippen LogP contribution in [0.4, 0.5) is 0 Å². The van der Waals surface area contributed by atoms with E-state index in [4.69, 9.17) is 5.11 Å². The predicted octanol–water partition coefficient (Wildman–Crippen LogP) is 1.49. The average molecular weight is 180 g/mol. The third-order valence-corrected chi connectivity index (χ3v) is 2.40. The SMILES string of the molecule is Cc1ccc(CO)c2nsnc12. The lowest BCUT2D eigenvalue weighted by molar-refractivity contribution is 0.283. The summed E-state index contributed by atoms with van der Waals surface area (Å²) < 4.78 is 8.27. The van der Waals surface area contributed by atoms with Crippen LogP contribution >= 0.6 is 11.7 Å². The maximum absolute atomic E-state index is 8.98. The minimum Gasteiger partial charge on any atom is -0.392 e. The van der Waals surface area contributed by atoms with Crippen molar-refractivity contribution in [3.05, 3.63) is 23.3 Å². The molecule has 0 fully saturated rings. The number of aryl methyl sites for hydroxylation is 1. The molecule has 0 spiro atoms. The first-order valence-electron chi connectivity index (χ1n) is 3.64. The molecule has 0 unspecified atom stereocenters.